The third-order valence-corrected chi connectivity index (χ3v) is 3.84. The van der Waals surface area contributed by atoms with Crippen molar-refractivity contribution < 1.29 is 19.1 Å². The highest BCUT2D eigenvalue weighted by atomic mass is 16.5. The zero-order valence-electron chi connectivity index (χ0n) is 13.4. The summed E-state index contributed by atoms with van der Waals surface area (Å²) < 4.78 is 10.4. The molecule has 0 amide bonds. The van der Waals surface area contributed by atoms with Gasteiger partial charge in [-0.15, -0.1) is 0 Å². The van der Waals surface area contributed by atoms with Gasteiger partial charge in [-0.2, -0.15) is 0 Å². The van der Waals surface area contributed by atoms with Crippen LogP contribution in [-0.2, 0) is 4.74 Å². The molecule has 5 nitrogen and oxygen atoms in total. The molecular weight excluding hydrogens is 306 g/mol. The molecule has 1 atom stereocenters. The van der Waals surface area contributed by atoms with E-state index in [1.807, 2.05) is 24.3 Å². The predicted octanol–water partition coefficient (Wildman–Crippen LogP) is 3.60. The van der Waals surface area contributed by atoms with E-state index in [0.717, 1.165) is 10.9 Å². The molecule has 0 fully saturated rings. The van der Waals surface area contributed by atoms with E-state index < -0.39 is 12.1 Å². The van der Waals surface area contributed by atoms with Crippen molar-refractivity contribution in [3.63, 3.8) is 0 Å². The van der Waals surface area contributed by atoms with Gasteiger partial charge in [0.1, 0.15) is 5.75 Å². The Kier molecular flexibility index (Phi) is 4.33. The molecule has 0 radical (unpaired) electrons. The molecule has 0 saturated heterocycles. The van der Waals surface area contributed by atoms with Crippen LogP contribution in [0, 0.1) is 0 Å². The minimum absolute atomic E-state index is 0.258. The van der Waals surface area contributed by atoms with E-state index in [2.05, 4.69) is 4.98 Å². The average Bonchev–Trinajstić information content (AvgIpc) is 3.05. The number of carbonyl (C=O) groups is 2. The molecule has 0 aliphatic carbocycles. The third-order valence-electron chi connectivity index (χ3n) is 3.84. The number of aromatic nitrogens is 1. The molecule has 0 saturated carbocycles. The van der Waals surface area contributed by atoms with Crippen molar-refractivity contribution in [1.82, 2.24) is 4.98 Å². The topological polar surface area (TPSA) is 68.4 Å². The summed E-state index contributed by atoms with van der Waals surface area (Å²) in [6.07, 6.45) is 0.719. The molecule has 5 heteroatoms. The first kappa shape index (κ1) is 15.8. The second-order valence-electron chi connectivity index (χ2n) is 5.39. The summed E-state index contributed by atoms with van der Waals surface area (Å²) in [5.41, 5.74) is 1.73. The number of ether oxygens (including phenoxy) is 2. The molecular formula is C19H17NO4. The van der Waals surface area contributed by atoms with Gasteiger partial charge in [-0.1, -0.05) is 18.2 Å². The highest BCUT2D eigenvalue weighted by Crippen LogP contribution is 2.20. The van der Waals surface area contributed by atoms with Crippen LogP contribution in [0.4, 0.5) is 0 Å². The Morgan fingerprint density at radius 1 is 1.04 bits per heavy atom. The molecule has 1 heterocycles. The quantitative estimate of drug-likeness (QED) is 0.575. The number of rotatable bonds is 5. The summed E-state index contributed by atoms with van der Waals surface area (Å²) in [5, 5.41) is 0.770. The van der Waals surface area contributed by atoms with Crippen molar-refractivity contribution in [2.24, 2.45) is 0 Å². The van der Waals surface area contributed by atoms with Gasteiger partial charge in [0.25, 0.3) is 0 Å². The summed E-state index contributed by atoms with van der Waals surface area (Å²) in [7, 11) is 1.56. The fourth-order valence-electron chi connectivity index (χ4n) is 2.51. The predicted molar refractivity (Wildman–Crippen MR) is 90.5 cm³/mol. The number of ketones is 1. The molecule has 1 aromatic heterocycles. The molecule has 1 N–H and O–H groups in total. The van der Waals surface area contributed by atoms with Gasteiger partial charge in [-0.05, 0) is 37.3 Å². The Bertz CT molecular complexity index is 880. The number of hydrogen-bond acceptors (Lipinski definition) is 4. The lowest BCUT2D eigenvalue weighted by molar-refractivity contribution is 0.0321. The summed E-state index contributed by atoms with van der Waals surface area (Å²) in [4.78, 5) is 27.8. The number of H-pyrrole nitrogens is 1. The SMILES string of the molecule is COc1ccc(C(=O)[C@@H](C)OC(=O)c2c[nH]c3ccccc23)cc1. The van der Waals surface area contributed by atoms with Crippen molar-refractivity contribution in [3.8, 4) is 5.75 Å². The van der Waals surface area contributed by atoms with Crippen molar-refractivity contribution in [2.45, 2.75) is 13.0 Å². The third kappa shape index (κ3) is 3.01. The van der Waals surface area contributed by atoms with Crippen LogP contribution in [0.1, 0.15) is 27.6 Å². The minimum atomic E-state index is -0.875. The lowest BCUT2D eigenvalue weighted by atomic mass is 10.1. The summed E-state index contributed by atoms with van der Waals surface area (Å²) in [6.45, 7) is 1.57. The Morgan fingerprint density at radius 3 is 2.46 bits per heavy atom. The standard InChI is InChI=1S/C19H17NO4/c1-12(18(21)13-7-9-14(23-2)10-8-13)24-19(22)16-11-20-17-6-4-3-5-15(16)17/h3-12,20H,1-2H3/t12-/m1/s1. The van der Waals surface area contributed by atoms with Crippen molar-refractivity contribution in [2.75, 3.05) is 7.11 Å². The number of carbonyl (C=O) groups excluding carboxylic acids is 2. The lowest BCUT2D eigenvalue weighted by Gasteiger charge is -2.12. The maximum Gasteiger partial charge on any atom is 0.341 e. The first-order chi connectivity index (χ1) is 11.6. The van der Waals surface area contributed by atoms with Crippen LogP contribution in [0.5, 0.6) is 5.75 Å². The van der Waals surface area contributed by atoms with E-state index in [1.165, 1.54) is 0 Å². The van der Waals surface area contributed by atoms with Crippen LogP contribution in [0.3, 0.4) is 0 Å². The van der Waals surface area contributed by atoms with Gasteiger partial charge in [0.05, 0.1) is 12.7 Å². The normalized spacial score (nSPS) is 11.9. The average molecular weight is 323 g/mol. The van der Waals surface area contributed by atoms with Gasteiger partial charge in [0.2, 0.25) is 5.78 Å². The first-order valence-electron chi connectivity index (χ1n) is 7.55. The molecule has 2 aromatic carbocycles. The van der Waals surface area contributed by atoms with E-state index >= 15 is 0 Å². The zero-order chi connectivity index (χ0) is 17.1. The van der Waals surface area contributed by atoms with Crippen LogP contribution in [0.2, 0.25) is 0 Å². The number of aromatic amines is 1. The lowest BCUT2D eigenvalue weighted by Crippen LogP contribution is -2.24. The summed E-state index contributed by atoms with van der Waals surface area (Å²) in [5.74, 6) is -0.123. The van der Waals surface area contributed by atoms with Gasteiger partial charge in [0, 0.05) is 22.7 Å². The van der Waals surface area contributed by atoms with E-state index in [0.29, 0.717) is 16.9 Å². The number of methoxy groups -OCH3 is 1. The van der Waals surface area contributed by atoms with E-state index in [-0.39, 0.29) is 5.78 Å². The molecule has 0 aliphatic heterocycles. The number of benzene rings is 2. The van der Waals surface area contributed by atoms with Crippen LogP contribution in [-0.4, -0.2) is 30.0 Å². The van der Waals surface area contributed by atoms with Gasteiger partial charge < -0.3 is 14.5 Å². The van der Waals surface area contributed by atoms with Crippen LogP contribution < -0.4 is 4.74 Å². The molecule has 0 spiro atoms. The van der Waals surface area contributed by atoms with Crippen LogP contribution in [0.25, 0.3) is 10.9 Å². The van der Waals surface area contributed by atoms with Crippen LogP contribution in [0.15, 0.2) is 54.7 Å². The van der Waals surface area contributed by atoms with Gasteiger partial charge >= 0.3 is 5.97 Å². The maximum atomic E-state index is 12.4. The van der Waals surface area contributed by atoms with Gasteiger partial charge in [-0.3, -0.25) is 4.79 Å². The monoisotopic (exact) mass is 323 g/mol. The van der Waals surface area contributed by atoms with E-state index in [9.17, 15) is 9.59 Å². The smallest absolute Gasteiger partial charge is 0.341 e. The Morgan fingerprint density at radius 2 is 1.75 bits per heavy atom. The summed E-state index contributed by atoms with van der Waals surface area (Å²) in [6, 6.07) is 14.1. The Hall–Kier alpha value is -3.08. The second kappa shape index (κ2) is 6.58. The number of esters is 1. The van der Waals surface area contributed by atoms with Crippen LogP contribution >= 0.6 is 0 Å². The van der Waals surface area contributed by atoms with Gasteiger partial charge in [0.15, 0.2) is 6.10 Å². The van der Waals surface area contributed by atoms with Crippen molar-refractivity contribution in [3.05, 3.63) is 65.9 Å². The molecule has 122 valence electrons. The molecule has 0 unspecified atom stereocenters. The van der Waals surface area contributed by atoms with E-state index in [1.54, 1.807) is 44.5 Å². The Balaban J connectivity index is 1.74. The highest BCUT2D eigenvalue weighted by Gasteiger charge is 2.22. The number of hydrogen-bond donors (Lipinski definition) is 1. The molecule has 3 rings (SSSR count). The number of Topliss-reactive ketones (excluding diaryl/α,β-unsaturated/α-hetero) is 1. The molecule has 24 heavy (non-hydrogen) atoms. The van der Waals surface area contributed by atoms with Crippen molar-refractivity contribution in [1.29, 1.82) is 0 Å². The highest BCUT2D eigenvalue weighted by molar-refractivity contribution is 6.06. The van der Waals surface area contributed by atoms with Crippen molar-refractivity contribution >= 4 is 22.7 Å². The van der Waals surface area contributed by atoms with E-state index in [4.69, 9.17) is 9.47 Å². The number of para-hydroxylation sites is 1. The molecule has 0 bridgehead atoms. The summed E-state index contributed by atoms with van der Waals surface area (Å²) >= 11 is 0. The number of nitrogens with one attached hydrogen (secondary N) is 1. The largest absolute Gasteiger partial charge is 0.497 e. The maximum absolute atomic E-state index is 12.4. The molecule has 0 aliphatic rings. The molecule has 3 aromatic rings. The Labute approximate surface area is 139 Å². The minimum Gasteiger partial charge on any atom is -0.497 e. The van der Waals surface area contributed by atoms with Gasteiger partial charge in [-0.25, -0.2) is 4.79 Å². The fraction of sp³-hybridized carbons (Fsp3) is 0.158. The zero-order valence-corrected chi connectivity index (χ0v) is 13.4. The first-order valence-corrected chi connectivity index (χ1v) is 7.55. The fourth-order valence-corrected chi connectivity index (χ4v) is 2.51. The second-order valence-corrected chi connectivity index (χ2v) is 5.39. The number of fused-ring (bicyclic) bond motifs is 1.